The molecule has 0 unspecified atom stereocenters. The van der Waals surface area contributed by atoms with E-state index in [-0.39, 0.29) is 0 Å². The van der Waals surface area contributed by atoms with Gasteiger partial charge in [-0.2, -0.15) is 0 Å². The summed E-state index contributed by atoms with van der Waals surface area (Å²) in [6, 6.07) is 5.05. The molecule has 1 amide bonds. The lowest BCUT2D eigenvalue weighted by Crippen LogP contribution is -2.11. The van der Waals surface area contributed by atoms with Crippen molar-refractivity contribution in [3.63, 3.8) is 0 Å². The number of rotatable bonds is 4. The van der Waals surface area contributed by atoms with Gasteiger partial charge in [-0.3, -0.25) is 4.79 Å². The van der Waals surface area contributed by atoms with E-state index in [1.54, 1.807) is 18.2 Å². The van der Waals surface area contributed by atoms with Crippen molar-refractivity contribution in [1.82, 2.24) is 4.98 Å². The van der Waals surface area contributed by atoms with Crippen LogP contribution in [0.25, 0.3) is 0 Å². The Balaban J connectivity index is 2.09. The number of hydrogen-bond acceptors (Lipinski definition) is 5. The Bertz CT molecular complexity index is 603. The summed E-state index contributed by atoms with van der Waals surface area (Å²) in [6.07, 6.45) is 0. The summed E-state index contributed by atoms with van der Waals surface area (Å²) in [5.74, 6) is 0.967. The van der Waals surface area contributed by atoms with Gasteiger partial charge in [0.25, 0.3) is 5.22 Å². The second-order valence-electron chi connectivity index (χ2n) is 4.19. The van der Waals surface area contributed by atoms with Crippen molar-refractivity contribution < 1.29 is 9.21 Å². The third kappa shape index (κ3) is 3.08. The maximum Gasteiger partial charge on any atom is 0.256 e. The van der Waals surface area contributed by atoms with Crippen molar-refractivity contribution >= 4 is 23.4 Å². The Kier molecular flexibility index (Phi) is 3.80. The number of nitrogen functional groups attached to an aromatic ring is 1. The Hall–Kier alpha value is -1.95. The van der Waals surface area contributed by atoms with Gasteiger partial charge in [-0.1, -0.05) is 17.8 Å². The van der Waals surface area contributed by atoms with E-state index >= 15 is 0 Å². The van der Waals surface area contributed by atoms with E-state index in [0.29, 0.717) is 22.2 Å². The number of thioether (sulfide) groups is 1. The molecule has 1 aromatic heterocycles. The summed E-state index contributed by atoms with van der Waals surface area (Å²) in [5.41, 5.74) is 13.8. The zero-order chi connectivity index (χ0) is 14.0. The van der Waals surface area contributed by atoms with Gasteiger partial charge in [0.15, 0.2) is 0 Å². The van der Waals surface area contributed by atoms with Crippen LogP contribution in [-0.2, 0) is 5.75 Å². The largest absolute Gasteiger partial charge is 0.437 e. The van der Waals surface area contributed by atoms with Gasteiger partial charge in [0.1, 0.15) is 5.76 Å². The number of benzene rings is 1. The fraction of sp³-hybridized carbons (Fsp3) is 0.231. The monoisotopic (exact) mass is 277 g/mol. The third-order valence-corrected chi connectivity index (χ3v) is 3.67. The number of nitrogens with two attached hydrogens (primary N) is 2. The summed E-state index contributed by atoms with van der Waals surface area (Å²) < 4.78 is 5.47. The SMILES string of the molecule is Cc1nc(SCc2ccc(C(N)=O)cc2N)oc1C. The Morgan fingerprint density at radius 3 is 2.68 bits per heavy atom. The molecule has 0 saturated heterocycles. The van der Waals surface area contributed by atoms with Crippen LogP contribution in [-0.4, -0.2) is 10.9 Å². The second kappa shape index (κ2) is 5.36. The fourth-order valence-corrected chi connectivity index (χ4v) is 2.45. The molecular formula is C13H15N3O2S. The Morgan fingerprint density at radius 1 is 1.42 bits per heavy atom. The highest BCUT2D eigenvalue weighted by atomic mass is 32.2. The van der Waals surface area contributed by atoms with E-state index in [1.165, 1.54) is 11.8 Å². The average Bonchev–Trinajstić information content (AvgIpc) is 2.67. The summed E-state index contributed by atoms with van der Waals surface area (Å²) in [7, 11) is 0. The first kappa shape index (κ1) is 13.5. The first-order chi connectivity index (χ1) is 8.97. The normalized spacial score (nSPS) is 10.6. The number of carbonyl (C=O) groups excluding carboxylic acids is 1. The van der Waals surface area contributed by atoms with E-state index in [4.69, 9.17) is 15.9 Å². The molecule has 0 spiro atoms. The molecule has 0 radical (unpaired) electrons. The van der Waals surface area contributed by atoms with Gasteiger partial charge in [-0.05, 0) is 31.5 Å². The van der Waals surface area contributed by atoms with Crippen molar-refractivity contribution in [3.8, 4) is 0 Å². The van der Waals surface area contributed by atoms with Crippen LogP contribution >= 0.6 is 11.8 Å². The topological polar surface area (TPSA) is 95.1 Å². The van der Waals surface area contributed by atoms with Crippen LogP contribution in [0.15, 0.2) is 27.8 Å². The number of oxazole rings is 1. The molecule has 6 heteroatoms. The highest BCUT2D eigenvalue weighted by Gasteiger charge is 2.09. The number of carbonyl (C=O) groups is 1. The fourth-order valence-electron chi connectivity index (χ4n) is 1.52. The molecule has 0 aliphatic heterocycles. The van der Waals surface area contributed by atoms with Gasteiger partial charge in [0.2, 0.25) is 5.91 Å². The second-order valence-corrected chi connectivity index (χ2v) is 5.11. The van der Waals surface area contributed by atoms with Gasteiger partial charge in [-0.25, -0.2) is 4.98 Å². The quantitative estimate of drug-likeness (QED) is 0.660. The predicted molar refractivity (Wildman–Crippen MR) is 74.9 cm³/mol. The van der Waals surface area contributed by atoms with E-state index in [2.05, 4.69) is 4.98 Å². The van der Waals surface area contributed by atoms with Crippen LogP contribution in [0.3, 0.4) is 0 Å². The first-order valence-corrected chi connectivity index (χ1v) is 6.71. The lowest BCUT2D eigenvalue weighted by atomic mass is 10.1. The molecule has 4 N–H and O–H groups in total. The molecule has 0 atom stereocenters. The molecule has 5 nitrogen and oxygen atoms in total. The maximum absolute atomic E-state index is 11.0. The standard InChI is InChI=1S/C13H15N3O2S/c1-7-8(2)18-13(16-7)19-6-10-4-3-9(12(15)17)5-11(10)14/h3-5H,6,14H2,1-2H3,(H2,15,17). The summed E-state index contributed by atoms with van der Waals surface area (Å²) in [4.78, 5) is 15.3. The molecule has 0 bridgehead atoms. The molecule has 19 heavy (non-hydrogen) atoms. The van der Waals surface area contributed by atoms with Crippen LogP contribution in [0.2, 0.25) is 0 Å². The van der Waals surface area contributed by atoms with Crippen LogP contribution in [0.1, 0.15) is 27.4 Å². The molecule has 2 rings (SSSR count). The minimum Gasteiger partial charge on any atom is -0.437 e. The van der Waals surface area contributed by atoms with Crippen molar-refractivity contribution in [2.75, 3.05) is 5.73 Å². The minimum atomic E-state index is -0.482. The number of aromatic nitrogens is 1. The number of primary amides is 1. The van der Waals surface area contributed by atoms with E-state index < -0.39 is 5.91 Å². The lowest BCUT2D eigenvalue weighted by Gasteiger charge is -2.05. The van der Waals surface area contributed by atoms with Crippen molar-refractivity contribution in [1.29, 1.82) is 0 Å². The van der Waals surface area contributed by atoms with Crippen molar-refractivity contribution in [2.45, 2.75) is 24.8 Å². The van der Waals surface area contributed by atoms with Crippen molar-refractivity contribution in [3.05, 3.63) is 40.8 Å². The average molecular weight is 277 g/mol. The molecular weight excluding hydrogens is 262 g/mol. The molecule has 0 fully saturated rings. The molecule has 0 aliphatic rings. The number of aryl methyl sites for hydroxylation is 2. The lowest BCUT2D eigenvalue weighted by molar-refractivity contribution is 0.100. The number of hydrogen-bond donors (Lipinski definition) is 2. The van der Waals surface area contributed by atoms with E-state index in [1.807, 2.05) is 13.8 Å². The van der Waals surface area contributed by atoms with Gasteiger partial charge < -0.3 is 15.9 Å². The smallest absolute Gasteiger partial charge is 0.256 e. The van der Waals surface area contributed by atoms with Gasteiger partial charge in [-0.15, -0.1) is 0 Å². The van der Waals surface area contributed by atoms with E-state index in [9.17, 15) is 4.79 Å². The molecule has 1 heterocycles. The number of anilines is 1. The Labute approximate surface area is 115 Å². The molecule has 0 aliphatic carbocycles. The minimum absolute atomic E-state index is 0.411. The first-order valence-electron chi connectivity index (χ1n) is 5.72. The summed E-state index contributed by atoms with van der Waals surface area (Å²) in [5, 5.41) is 0.619. The molecule has 2 aromatic rings. The zero-order valence-electron chi connectivity index (χ0n) is 10.8. The van der Waals surface area contributed by atoms with Crippen LogP contribution in [0.4, 0.5) is 5.69 Å². The van der Waals surface area contributed by atoms with E-state index in [0.717, 1.165) is 17.0 Å². The summed E-state index contributed by atoms with van der Waals surface area (Å²) >= 11 is 1.46. The van der Waals surface area contributed by atoms with Crippen LogP contribution < -0.4 is 11.5 Å². The highest BCUT2D eigenvalue weighted by molar-refractivity contribution is 7.98. The molecule has 100 valence electrons. The highest BCUT2D eigenvalue weighted by Crippen LogP contribution is 2.26. The van der Waals surface area contributed by atoms with Gasteiger partial charge in [0.05, 0.1) is 5.69 Å². The number of nitrogens with zero attached hydrogens (tertiary/aromatic N) is 1. The summed E-state index contributed by atoms with van der Waals surface area (Å²) in [6.45, 7) is 3.78. The van der Waals surface area contributed by atoms with Crippen LogP contribution in [0, 0.1) is 13.8 Å². The van der Waals surface area contributed by atoms with Crippen molar-refractivity contribution in [2.24, 2.45) is 5.73 Å². The molecule has 1 aromatic carbocycles. The van der Waals surface area contributed by atoms with Crippen LogP contribution in [0.5, 0.6) is 0 Å². The molecule has 0 saturated carbocycles. The zero-order valence-corrected chi connectivity index (χ0v) is 11.6. The maximum atomic E-state index is 11.0. The predicted octanol–water partition coefficient (Wildman–Crippen LogP) is 2.26. The van der Waals surface area contributed by atoms with Gasteiger partial charge in [0, 0.05) is 17.0 Å². The number of amides is 1. The Morgan fingerprint density at radius 2 is 2.16 bits per heavy atom. The van der Waals surface area contributed by atoms with Gasteiger partial charge >= 0.3 is 0 Å². The third-order valence-electron chi connectivity index (χ3n) is 2.79.